The molecule has 0 bridgehead atoms. The fraction of sp³-hybridized carbons (Fsp3) is 1.00. The first-order valence-corrected chi connectivity index (χ1v) is 7.50. The summed E-state index contributed by atoms with van der Waals surface area (Å²) in [5.41, 5.74) is 0. The summed E-state index contributed by atoms with van der Waals surface area (Å²) in [5, 5.41) is 3.64. The predicted octanol–water partition coefficient (Wildman–Crippen LogP) is 1.40. The number of nitrogens with zero attached hydrogens (tertiary/aromatic N) is 2. The third kappa shape index (κ3) is 3.94. The second-order valence-electron chi connectivity index (χ2n) is 5.75. The Balaban J connectivity index is 1.71. The fourth-order valence-electron chi connectivity index (χ4n) is 3.32. The molecule has 0 aromatic heterocycles. The number of hydrogen-bond acceptors (Lipinski definition) is 3. The van der Waals surface area contributed by atoms with Gasteiger partial charge in [0.15, 0.2) is 0 Å². The van der Waals surface area contributed by atoms with E-state index in [9.17, 15) is 0 Å². The highest BCUT2D eigenvalue weighted by molar-refractivity contribution is 4.83. The summed E-state index contributed by atoms with van der Waals surface area (Å²) >= 11 is 0. The molecule has 2 atom stereocenters. The van der Waals surface area contributed by atoms with E-state index in [-0.39, 0.29) is 0 Å². The molecule has 2 fully saturated rings. The molecule has 0 saturated carbocycles. The quantitative estimate of drug-likeness (QED) is 0.782. The van der Waals surface area contributed by atoms with Gasteiger partial charge in [-0.1, -0.05) is 20.3 Å². The maximum Gasteiger partial charge on any atom is 0.0195 e. The first-order valence-electron chi connectivity index (χ1n) is 7.50. The molecule has 2 saturated heterocycles. The van der Waals surface area contributed by atoms with Crippen LogP contribution in [0.3, 0.4) is 0 Å². The van der Waals surface area contributed by atoms with E-state index in [1.54, 1.807) is 0 Å². The Morgan fingerprint density at radius 3 is 2.71 bits per heavy atom. The zero-order valence-electron chi connectivity index (χ0n) is 11.6. The Bertz CT molecular complexity index is 218. The van der Waals surface area contributed by atoms with Crippen molar-refractivity contribution in [3.8, 4) is 0 Å². The van der Waals surface area contributed by atoms with E-state index in [1.165, 1.54) is 65.1 Å². The van der Waals surface area contributed by atoms with Crippen molar-refractivity contribution in [2.75, 3.05) is 45.8 Å². The van der Waals surface area contributed by atoms with Gasteiger partial charge in [-0.25, -0.2) is 0 Å². The van der Waals surface area contributed by atoms with Gasteiger partial charge >= 0.3 is 0 Å². The van der Waals surface area contributed by atoms with Gasteiger partial charge < -0.3 is 15.1 Å². The summed E-state index contributed by atoms with van der Waals surface area (Å²) in [6.07, 6.45) is 4.05. The average molecular weight is 239 g/mol. The number of nitrogens with one attached hydrogen (secondary N) is 1. The molecule has 0 aromatic carbocycles. The van der Waals surface area contributed by atoms with Crippen molar-refractivity contribution in [3.63, 3.8) is 0 Å². The van der Waals surface area contributed by atoms with E-state index >= 15 is 0 Å². The summed E-state index contributed by atoms with van der Waals surface area (Å²) in [5.74, 6) is 0.926. The third-order valence-electron chi connectivity index (χ3n) is 4.31. The van der Waals surface area contributed by atoms with Gasteiger partial charge in [-0.05, 0) is 31.8 Å². The molecule has 0 amide bonds. The molecule has 2 heterocycles. The van der Waals surface area contributed by atoms with Gasteiger partial charge in [0.1, 0.15) is 0 Å². The summed E-state index contributed by atoms with van der Waals surface area (Å²) in [6, 6.07) is 0.748. The maximum atomic E-state index is 3.64. The molecule has 0 aromatic rings. The molecule has 0 radical (unpaired) electrons. The Kier molecular flexibility index (Phi) is 5.26. The van der Waals surface area contributed by atoms with Crippen molar-refractivity contribution in [2.45, 2.75) is 39.2 Å². The van der Waals surface area contributed by atoms with E-state index < -0.39 is 0 Å². The second kappa shape index (κ2) is 6.72. The van der Waals surface area contributed by atoms with Crippen LogP contribution >= 0.6 is 0 Å². The first-order chi connectivity index (χ1) is 8.31. The van der Waals surface area contributed by atoms with Crippen LogP contribution in [0.5, 0.6) is 0 Å². The van der Waals surface area contributed by atoms with Crippen molar-refractivity contribution in [1.29, 1.82) is 0 Å². The standard InChI is InChI=1S/C14H29N3/c1-3-5-14-12-17(9-7-15-14)11-13-6-8-16(4-2)10-13/h13-15H,3-12H2,1-2H3. The van der Waals surface area contributed by atoms with Crippen molar-refractivity contribution >= 4 is 0 Å². The van der Waals surface area contributed by atoms with Crippen molar-refractivity contribution < 1.29 is 0 Å². The van der Waals surface area contributed by atoms with Crippen LogP contribution in [0.25, 0.3) is 0 Å². The van der Waals surface area contributed by atoms with Crippen LogP contribution < -0.4 is 5.32 Å². The van der Waals surface area contributed by atoms with Gasteiger partial charge in [0.2, 0.25) is 0 Å². The van der Waals surface area contributed by atoms with Crippen LogP contribution in [0.15, 0.2) is 0 Å². The Hall–Kier alpha value is -0.120. The third-order valence-corrected chi connectivity index (χ3v) is 4.31. The van der Waals surface area contributed by atoms with E-state index in [4.69, 9.17) is 0 Å². The molecule has 0 aliphatic carbocycles. The first kappa shape index (κ1) is 13.3. The number of piperazine rings is 1. The highest BCUT2D eigenvalue weighted by Gasteiger charge is 2.25. The van der Waals surface area contributed by atoms with Gasteiger partial charge in [-0.3, -0.25) is 0 Å². The minimum absolute atomic E-state index is 0.748. The van der Waals surface area contributed by atoms with Crippen LogP contribution in [0, 0.1) is 5.92 Å². The van der Waals surface area contributed by atoms with E-state index in [0.717, 1.165) is 12.0 Å². The molecule has 1 N–H and O–H groups in total. The number of hydrogen-bond donors (Lipinski definition) is 1. The van der Waals surface area contributed by atoms with Crippen molar-refractivity contribution in [2.24, 2.45) is 5.92 Å². The lowest BCUT2D eigenvalue weighted by Gasteiger charge is -2.35. The molecule has 0 spiro atoms. The molecule has 100 valence electrons. The molecule has 2 unspecified atom stereocenters. The Morgan fingerprint density at radius 1 is 1.12 bits per heavy atom. The molecule has 2 rings (SSSR count). The van der Waals surface area contributed by atoms with Gasteiger partial charge in [0.05, 0.1) is 0 Å². The average Bonchev–Trinajstić information content (AvgIpc) is 2.78. The van der Waals surface area contributed by atoms with Crippen molar-refractivity contribution in [1.82, 2.24) is 15.1 Å². The van der Waals surface area contributed by atoms with Gasteiger partial charge in [-0.15, -0.1) is 0 Å². The van der Waals surface area contributed by atoms with Crippen LogP contribution in [-0.2, 0) is 0 Å². The molecular formula is C14H29N3. The molecule has 3 heteroatoms. The van der Waals surface area contributed by atoms with Crippen LogP contribution in [0.2, 0.25) is 0 Å². The molecule has 2 aliphatic heterocycles. The van der Waals surface area contributed by atoms with Gasteiger partial charge in [0.25, 0.3) is 0 Å². The smallest absolute Gasteiger partial charge is 0.0195 e. The minimum Gasteiger partial charge on any atom is -0.311 e. The van der Waals surface area contributed by atoms with Gasteiger partial charge in [0, 0.05) is 38.8 Å². The van der Waals surface area contributed by atoms with Gasteiger partial charge in [-0.2, -0.15) is 0 Å². The van der Waals surface area contributed by atoms with E-state index in [1.807, 2.05) is 0 Å². The maximum absolute atomic E-state index is 3.64. The monoisotopic (exact) mass is 239 g/mol. The lowest BCUT2D eigenvalue weighted by molar-refractivity contribution is 0.168. The highest BCUT2D eigenvalue weighted by atomic mass is 15.2. The van der Waals surface area contributed by atoms with E-state index in [2.05, 4.69) is 29.0 Å². The zero-order valence-corrected chi connectivity index (χ0v) is 11.6. The zero-order chi connectivity index (χ0) is 12.1. The fourth-order valence-corrected chi connectivity index (χ4v) is 3.32. The normalized spacial score (nSPS) is 32.1. The summed E-state index contributed by atoms with van der Waals surface area (Å²) in [6.45, 7) is 13.5. The summed E-state index contributed by atoms with van der Waals surface area (Å²) < 4.78 is 0. The Labute approximate surface area is 107 Å². The summed E-state index contributed by atoms with van der Waals surface area (Å²) in [4.78, 5) is 5.29. The predicted molar refractivity (Wildman–Crippen MR) is 73.4 cm³/mol. The largest absolute Gasteiger partial charge is 0.311 e. The lowest BCUT2D eigenvalue weighted by Crippen LogP contribution is -2.51. The molecule has 3 nitrogen and oxygen atoms in total. The minimum atomic E-state index is 0.748. The number of rotatable bonds is 5. The van der Waals surface area contributed by atoms with Crippen molar-refractivity contribution in [3.05, 3.63) is 0 Å². The van der Waals surface area contributed by atoms with E-state index in [0.29, 0.717) is 0 Å². The second-order valence-corrected chi connectivity index (χ2v) is 5.75. The Morgan fingerprint density at radius 2 is 2.00 bits per heavy atom. The van der Waals surface area contributed by atoms with Crippen LogP contribution in [-0.4, -0.2) is 61.7 Å². The molecule has 17 heavy (non-hydrogen) atoms. The number of likely N-dealkylation sites (tertiary alicyclic amines) is 1. The van der Waals surface area contributed by atoms with Crippen LogP contribution in [0.1, 0.15) is 33.1 Å². The summed E-state index contributed by atoms with van der Waals surface area (Å²) in [7, 11) is 0. The van der Waals surface area contributed by atoms with Crippen LogP contribution in [0.4, 0.5) is 0 Å². The highest BCUT2D eigenvalue weighted by Crippen LogP contribution is 2.18. The molecular weight excluding hydrogens is 210 g/mol. The topological polar surface area (TPSA) is 18.5 Å². The molecule has 2 aliphatic rings. The SMILES string of the molecule is CCCC1CN(CC2CCN(CC)C2)CCN1. The lowest BCUT2D eigenvalue weighted by atomic mass is 10.1.